The van der Waals surface area contributed by atoms with Crippen LogP contribution in [0, 0.1) is 5.82 Å². The molecule has 0 radical (unpaired) electrons. The molecule has 2 aromatic rings. The predicted octanol–water partition coefficient (Wildman–Crippen LogP) is 4.10. The predicted molar refractivity (Wildman–Crippen MR) is 108 cm³/mol. The Morgan fingerprint density at radius 2 is 2.14 bits per heavy atom. The molecule has 1 unspecified atom stereocenters. The van der Waals surface area contributed by atoms with Gasteiger partial charge >= 0.3 is 6.03 Å². The lowest BCUT2D eigenvalue weighted by Crippen LogP contribution is -2.47. The number of aromatic amines is 1. The molecule has 2 N–H and O–H groups in total. The van der Waals surface area contributed by atoms with E-state index in [0.717, 1.165) is 49.4 Å². The van der Waals surface area contributed by atoms with Gasteiger partial charge in [-0.25, -0.2) is 14.2 Å². The highest BCUT2D eigenvalue weighted by atomic mass is 35.5. The number of benzene rings is 1. The number of urea groups is 1. The summed E-state index contributed by atoms with van der Waals surface area (Å²) in [6.45, 7) is 1.90. The molecular formula is C21H25ClFN5O. The summed E-state index contributed by atoms with van der Waals surface area (Å²) in [5.41, 5.74) is 0.754. The largest absolute Gasteiger partial charge is 0.337 e. The third kappa shape index (κ3) is 3.84. The number of hydrogen-bond donors (Lipinski definition) is 2. The average Bonchev–Trinajstić information content (AvgIpc) is 3.65. The van der Waals surface area contributed by atoms with Gasteiger partial charge in [0.05, 0.1) is 0 Å². The van der Waals surface area contributed by atoms with E-state index >= 15 is 0 Å². The molecular weight excluding hydrogens is 393 g/mol. The van der Waals surface area contributed by atoms with Crippen molar-refractivity contribution in [3.63, 3.8) is 0 Å². The number of nitrogens with zero attached hydrogens (tertiary/aromatic N) is 3. The molecule has 2 aliphatic carbocycles. The highest BCUT2D eigenvalue weighted by Gasteiger charge is 2.46. The average molecular weight is 418 g/mol. The Morgan fingerprint density at radius 3 is 2.86 bits per heavy atom. The van der Waals surface area contributed by atoms with Gasteiger partial charge in [-0.2, -0.15) is 5.10 Å². The number of nitrogens with one attached hydrogen (secondary N) is 2. The summed E-state index contributed by atoms with van der Waals surface area (Å²) in [5, 5.41) is 11.0. The van der Waals surface area contributed by atoms with Crippen molar-refractivity contribution in [1.29, 1.82) is 0 Å². The normalized spacial score (nSPS) is 23.1. The lowest BCUT2D eigenvalue weighted by Gasteiger charge is -2.32. The smallest absolute Gasteiger partial charge is 0.317 e. The van der Waals surface area contributed by atoms with Crippen molar-refractivity contribution in [2.75, 3.05) is 19.6 Å². The zero-order chi connectivity index (χ0) is 20.0. The van der Waals surface area contributed by atoms with Crippen molar-refractivity contribution in [2.45, 2.75) is 55.8 Å². The molecule has 1 aliphatic heterocycles. The van der Waals surface area contributed by atoms with Crippen LogP contribution in [0.2, 0.25) is 5.02 Å². The third-order valence-electron chi connectivity index (χ3n) is 6.49. The Hall–Kier alpha value is -2.15. The summed E-state index contributed by atoms with van der Waals surface area (Å²) in [6.07, 6.45) is 6.22. The molecule has 5 rings (SSSR count). The molecule has 0 spiro atoms. The summed E-state index contributed by atoms with van der Waals surface area (Å²) in [5.74, 6) is 2.22. The van der Waals surface area contributed by atoms with Crippen molar-refractivity contribution in [2.24, 2.45) is 0 Å². The van der Waals surface area contributed by atoms with Crippen molar-refractivity contribution in [3.05, 3.63) is 46.3 Å². The zero-order valence-corrected chi connectivity index (χ0v) is 17.0. The lowest BCUT2D eigenvalue weighted by molar-refractivity contribution is 0.177. The van der Waals surface area contributed by atoms with Gasteiger partial charge in [0.15, 0.2) is 5.82 Å². The quantitative estimate of drug-likeness (QED) is 0.769. The van der Waals surface area contributed by atoms with Crippen LogP contribution >= 0.6 is 11.6 Å². The van der Waals surface area contributed by atoms with Crippen molar-refractivity contribution >= 4 is 17.6 Å². The van der Waals surface area contributed by atoms with Gasteiger partial charge in [-0.1, -0.05) is 17.7 Å². The van der Waals surface area contributed by atoms with Crippen molar-refractivity contribution in [1.82, 2.24) is 25.4 Å². The molecule has 2 amide bonds. The van der Waals surface area contributed by atoms with E-state index in [1.807, 2.05) is 4.90 Å². The van der Waals surface area contributed by atoms with Crippen LogP contribution in [0.1, 0.15) is 67.6 Å². The Kier molecular flexibility index (Phi) is 4.73. The number of likely N-dealkylation sites (tertiary alicyclic amines) is 1. The van der Waals surface area contributed by atoms with E-state index in [2.05, 4.69) is 20.5 Å². The first-order valence-corrected chi connectivity index (χ1v) is 10.8. The Bertz CT molecular complexity index is 924. The highest BCUT2D eigenvalue weighted by molar-refractivity contribution is 6.31. The fourth-order valence-corrected chi connectivity index (χ4v) is 4.72. The van der Waals surface area contributed by atoms with E-state index in [0.29, 0.717) is 24.0 Å². The maximum atomic E-state index is 13.4. The fraction of sp³-hybridized carbons (Fsp3) is 0.571. The standard InChI is InChI=1S/C21H25ClFN5O/c22-17-10-15(23)5-6-16(17)21(7-8-21)12-24-20(29)28-9-1-2-14(11-28)19-25-18(26-27-19)13-3-4-13/h5-6,10,13-14H,1-4,7-9,11-12H2,(H,24,29)(H,25,26,27). The summed E-state index contributed by atoms with van der Waals surface area (Å²) in [7, 11) is 0. The zero-order valence-electron chi connectivity index (χ0n) is 16.3. The molecule has 3 fully saturated rings. The second-order valence-corrected chi connectivity index (χ2v) is 9.11. The van der Waals surface area contributed by atoms with Crippen LogP contribution in [-0.4, -0.2) is 45.7 Å². The van der Waals surface area contributed by atoms with Gasteiger partial charge in [0, 0.05) is 41.9 Å². The third-order valence-corrected chi connectivity index (χ3v) is 6.80. The maximum Gasteiger partial charge on any atom is 0.317 e. The Morgan fingerprint density at radius 1 is 1.31 bits per heavy atom. The summed E-state index contributed by atoms with van der Waals surface area (Å²) in [6, 6.07) is 4.47. The fourth-order valence-electron chi connectivity index (χ4n) is 4.35. The van der Waals surface area contributed by atoms with E-state index in [9.17, 15) is 9.18 Å². The number of carbonyl (C=O) groups excluding carboxylic acids is 1. The van der Waals surface area contributed by atoms with Crippen molar-refractivity contribution in [3.8, 4) is 0 Å². The molecule has 0 bridgehead atoms. The number of amides is 2. The van der Waals surface area contributed by atoms with Crippen LogP contribution in [0.15, 0.2) is 18.2 Å². The second kappa shape index (κ2) is 7.27. The molecule has 2 heterocycles. The molecule has 1 atom stereocenters. The number of piperidine rings is 1. The summed E-state index contributed by atoms with van der Waals surface area (Å²) < 4.78 is 13.4. The summed E-state index contributed by atoms with van der Waals surface area (Å²) >= 11 is 6.25. The van der Waals surface area contributed by atoms with E-state index in [1.54, 1.807) is 6.07 Å². The minimum atomic E-state index is -0.338. The minimum absolute atomic E-state index is 0.0582. The monoisotopic (exact) mass is 417 g/mol. The number of carbonyl (C=O) groups is 1. The van der Waals surface area contributed by atoms with Gasteiger partial charge in [-0.15, -0.1) is 0 Å². The van der Waals surface area contributed by atoms with E-state index in [4.69, 9.17) is 11.6 Å². The first-order chi connectivity index (χ1) is 14.0. The van der Waals surface area contributed by atoms with Crippen LogP contribution in [-0.2, 0) is 5.41 Å². The maximum absolute atomic E-state index is 13.4. The van der Waals surface area contributed by atoms with Crippen LogP contribution < -0.4 is 5.32 Å². The van der Waals surface area contributed by atoms with Crippen LogP contribution in [0.5, 0.6) is 0 Å². The molecule has 154 valence electrons. The minimum Gasteiger partial charge on any atom is -0.337 e. The molecule has 1 saturated heterocycles. The molecule has 1 aromatic carbocycles. The van der Waals surface area contributed by atoms with E-state index < -0.39 is 0 Å². The lowest BCUT2D eigenvalue weighted by atomic mass is 9.95. The number of aromatic nitrogens is 3. The van der Waals surface area contributed by atoms with Gasteiger partial charge in [0.1, 0.15) is 11.6 Å². The van der Waals surface area contributed by atoms with Gasteiger partial charge in [-0.05, 0) is 56.2 Å². The number of hydrogen-bond acceptors (Lipinski definition) is 3. The van der Waals surface area contributed by atoms with Gasteiger partial charge in [-0.3, -0.25) is 5.10 Å². The molecule has 3 aliphatic rings. The topological polar surface area (TPSA) is 73.9 Å². The Labute approximate surface area is 174 Å². The van der Waals surface area contributed by atoms with Gasteiger partial charge in [0.2, 0.25) is 0 Å². The van der Waals surface area contributed by atoms with Crippen molar-refractivity contribution < 1.29 is 9.18 Å². The number of halogens is 2. The van der Waals surface area contributed by atoms with Crippen LogP contribution in [0.25, 0.3) is 0 Å². The molecule has 1 aromatic heterocycles. The van der Waals surface area contributed by atoms with E-state index in [1.165, 1.54) is 25.0 Å². The van der Waals surface area contributed by atoms with Crippen LogP contribution in [0.4, 0.5) is 9.18 Å². The van der Waals surface area contributed by atoms with Crippen LogP contribution in [0.3, 0.4) is 0 Å². The first kappa shape index (κ1) is 18.9. The highest BCUT2D eigenvalue weighted by Crippen LogP contribution is 2.50. The SMILES string of the molecule is O=C(NCC1(c2ccc(F)cc2Cl)CC1)N1CCCC(c2n[nH]c(C3CC3)n2)C1. The number of H-pyrrole nitrogens is 1. The van der Waals surface area contributed by atoms with E-state index in [-0.39, 0.29) is 23.2 Å². The molecule has 2 saturated carbocycles. The molecule has 8 heteroatoms. The summed E-state index contributed by atoms with van der Waals surface area (Å²) in [4.78, 5) is 19.4. The molecule has 6 nitrogen and oxygen atoms in total. The first-order valence-electron chi connectivity index (χ1n) is 10.4. The second-order valence-electron chi connectivity index (χ2n) is 8.70. The Balaban J connectivity index is 1.20. The molecule has 29 heavy (non-hydrogen) atoms. The van der Waals surface area contributed by atoms with Gasteiger partial charge in [0.25, 0.3) is 0 Å². The van der Waals surface area contributed by atoms with Gasteiger partial charge < -0.3 is 10.2 Å². The number of rotatable bonds is 5.